The number of hydrogen-bond donors (Lipinski definition) is 2. The first-order valence-electron chi connectivity index (χ1n) is 17.4. The van der Waals surface area contributed by atoms with E-state index >= 15 is 0 Å². The second-order valence-corrected chi connectivity index (χ2v) is 13.0. The molecule has 52 heavy (non-hydrogen) atoms. The molecule has 0 saturated carbocycles. The van der Waals surface area contributed by atoms with E-state index in [0.717, 1.165) is 44.5 Å². The Hall–Kier alpha value is -6.98. The quantitative estimate of drug-likeness (QED) is 0.134. The summed E-state index contributed by atoms with van der Waals surface area (Å²) in [6, 6.07) is 50.3. The number of allylic oxidation sites excluding steroid dienone is 1. The molecule has 0 spiro atoms. The lowest BCUT2D eigenvalue weighted by molar-refractivity contribution is 1.18. The highest BCUT2D eigenvalue weighted by Gasteiger charge is 2.20. The molecule has 5 nitrogen and oxygen atoms in total. The summed E-state index contributed by atoms with van der Waals surface area (Å²) in [6.07, 6.45) is 6.28. The van der Waals surface area contributed by atoms with E-state index < -0.39 is 0 Å². The summed E-state index contributed by atoms with van der Waals surface area (Å²) in [7, 11) is 0. The third-order valence-electron chi connectivity index (χ3n) is 10.0. The van der Waals surface area contributed by atoms with Crippen LogP contribution in [0.3, 0.4) is 0 Å². The van der Waals surface area contributed by atoms with Gasteiger partial charge in [-0.1, -0.05) is 128 Å². The van der Waals surface area contributed by atoms with E-state index in [0.29, 0.717) is 11.4 Å². The normalized spacial score (nSPS) is 12.2. The molecule has 0 saturated heterocycles. The Labute approximate surface area is 301 Å². The summed E-state index contributed by atoms with van der Waals surface area (Å²) in [6.45, 7) is 6.31. The lowest BCUT2D eigenvalue weighted by atomic mass is 10.0. The van der Waals surface area contributed by atoms with E-state index in [1.807, 2.05) is 54.6 Å². The van der Waals surface area contributed by atoms with Gasteiger partial charge in [-0.3, -0.25) is 5.41 Å². The molecular weight excluding hydrogens is 635 g/mol. The van der Waals surface area contributed by atoms with Gasteiger partial charge in [-0.2, -0.15) is 0 Å². The van der Waals surface area contributed by atoms with E-state index in [9.17, 15) is 0 Å². The van der Waals surface area contributed by atoms with Gasteiger partial charge in [0.1, 0.15) is 5.84 Å². The zero-order valence-electron chi connectivity index (χ0n) is 28.7. The number of aromatic nitrogens is 2. The number of hydrogen-bond acceptors (Lipinski definition) is 1. The highest BCUT2D eigenvalue weighted by atomic mass is 15.0. The van der Waals surface area contributed by atoms with Crippen LogP contribution in [-0.4, -0.2) is 20.6 Å². The van der Waals surface area contributed by atoms with E-state index in [2.05, 4.69) is 137 Å². The average Bonchev–Trinajstić information content (AvgIpc) is 3.75. The van der Waals surface area contributed by atoms with Crippen molar-refractivity contribution in [1.82, 2.24) is 8.97 Å². The SMILES string of the molecule is C=Cc1c(/C=C\C)c2ccccc2n2c1cc1ccc3c(c4ccccc4n3-c3ccc(-c4cccc(C(=N)N=C(N)c5ccccc5)c4)cc3)c12. The molecule has 3 N–H and O–H groups in total. The number of amidine groups is 2. The maximum Gasteiger partial charge on any atom is 0.154 e. The number of para-hydroxylation sites is 2. The summed E-state index contributed by atoms with van der Waals surface area (Å²) in [5.74, 6) is 0.449. The summed E-state index contributed by atoms with van der Waals surface area (Å²) in [4.78, 5) is 4.40. The van der Waals surface area contributed by atoms with E-state index in [-0.39, 0.29) is 5.84 Å². The molecule has 248 valence electrons. The van der Waals surface area contributed by atoms with Gasteiger partial charge in [0.25, 0.3) is 0 Å². The Balaban J connectivity index is 1.19. The van der Waals surface area contributed by atoms with Gasteiger partial charge >= 0.3 is 0 Å². The third-order valence-corrected chi connectivity index (χ3v) is 10.0. The van der Waals surface area contributed by atoms with E-state index in [4.69, 9.17) is 11.1 Å². The largest absolute Gasteiger partial charge is 0.383 e. The standard InChI is InChI=1S/C47H35N5/c1-3-13-37-36(4-2)43-29-33-24-27-42-44(45(33)52(43)40-20-10-8-18-38(37)40)39-19-9-11-21-41(39)51(42)35-25-22-30(23-26-35)32-16-12-17-34(28-32)47(49)50-46(48)31-14-6-5-7-15-31/h3-29H,2H2,1H3,(H3,48,49,50)/b13-3-. The fourth-order valence-corrected chi connectivity index (χ4v) is 7.72. The molecular formula is C47H35N5. The highest BCUT2D eigenvalue weighted by Crippen LogP contribution is 2.41. The first kappa shape index (κ1) is 31.0. The van der Waals surface area contributed by atoms with E-state index in [1.165, 1.54) is 38.1 Å². The second-order valence-electron chi connectivity index (χ2n) is 13.0. The highest BCUT2D eigenvalue weighted by molar-refractivity contribution is 6.22. The molecule has 0 amide bonds. The molecule has 0 aliphatic carbocycles. The van der Waals surface area contributed by atoms with Gasteiger partial charge in [0.2, 0.25) is 0 Å². The zero-order chi connectivity index (χ0) is 35.3. The number of nitrogens with two attached hydrogens (primary N) is 1. The summed E-state index contributed by atoms with van der Waals surface area (Å²) >= 11 is 0. The van der Waals surface area contributed by atoms with Crippen LogP contribution < -0.4 is 5.73 Å². The van der Waals surface area contributed by atoms with Gasteiger partial charge in [-0.25, -0.2) is 4.99 Å². The van der Waals surface area contributed by atoms with Crippen molar-refractivity contribution in [2.45, 2.75) is 6.92 Å². The maximum absolute atomic E-state index is 8.66. The molecule has 0 radical (unpaired) electrons. The fraction of sp³-hybridized carbons (Fsp3) is 0.0213. The minimum absolute atomic E-state index is 0.125. The van der Waals surface area contributed by atoms with Crippen LogP contribution in [0.4, 0.5) is 0 Å². The summed E-state index contributed by atoms with van der Waals surface area (Å²) < 4.78 is 4.80. The number of pyridine rings is 1. The smallest absolute Gasteiger partial charge is 0.154 e. The maximum atomic E-state index is 8.66. The molecule has 9 aromatic rings. The Morgan fingerprint density at radius 3 is 2.13 bits per heavy atom. The van der Waals surface area contributed by atoms with Gasteiger partial charge in [0.15, 0.2) is 5.84 Å². The van der Waals surface area contributed by atoms with E-state index in [1.54, 1.807) is 0 Å². The van der Waals surface area contributed by atoms with Crippen LogP contribution >= 0.6 is 0 Å². The van der Waals surface area contributed by atoms with Gasteiger partial charge < -0.3 is 14.7 Å². The molecule has 3 heterocycles. The van der Waals surface area contributed by atoms with Crippen LogP contribution in [0.5, 0.6) is 0 Å². The molecule has 3 aromatic heterocycles. The predicted molar refractivity (Wildman–Crippen MR) is 221 cm³/mol. The second kappa shape index (κ2) is 12.4. The van der Waals surface area contributed by atoms with Crippen LogP contribution in [0.25, 0.3) is 78.1 Å². The first-order valence-corrected chi connectivity index (χ1v) is 17.4. The van der Waals surface area contributed by atoms with Crippen molar-refractivity contribution in [3.05, 3.63) is 181 Å². The average molecular weight is 670 g/mol. The fourth-order valence-electron chi connectivity index (χ4n) is 7.72. The molecule has 9 rings (SSSR count). The zero-order valence-corrected chi connectivity index (χ0v) is 28.7. The Morgan fingerprint density at radius 1 is 0.654 bits per heavy atom. The van der Waals surface area contributed by atoms with Crippen LogP contribution in [0.1, 0.15) is 29.2 Å². The number of aliphatic imine (C=N–C) groups is 1. The van der Waals surface area contributed by atoms with Crippen molar-refractivity contribution in [2.24, 2.45) is 10.7 Å². The molecule has 0 bridgehead atoms. The van der Waals surface area contributed by atoms with Gasteiger partial charge in [0.05, 0.1) is 27.6 Å². The molecule has 0 aliphatic rings. The molecule has 5 heteroatoms. The number of fused-ring (bicyclic) bond motifs is 9. The van der Waals surface area contributed by atoms with Crippen LogP contribution in [0.2, 0.25) is 0 Å². The third kappa shape index (κ3) is 4.86. The number of rotatable bonds is 6. The first-order chi connectivity index (χ1) is 25.6. The van der Waals surface area contributed by atoms with Crippen molar-refractivity contribution in [2.75, 3.05) is 0 Å². The molecule has 6 aromatic carbocycles. The van der Waals surface area contributed by atoms with Crippen molar-refractivity contribution in [3.8, 4) is 16.8 Å². The lowest BCUT2D eigenvalue weighted by Crippen LogP contribution is -2.15. The van der Waals surface area contributed by atoms with Crippen molar-refractivity contribution >= 4 is 73.0 Å². The molecule has 0 aliphatic heterocycles. The Kier molecular flexibility index (Phi) is 7.41. The number of nitrogens with zero attached hydrogens (tertiary/aromatic N) is 3. The molecule has 0 atom stereocenters. The van der Waals surface area contributed by atoms with Crippen LogP contribution in [0, 0.1) is 5.41 Å². The van der Waals surface area contributed by atoms with Gasteiger partial charge in [0, 0.05) is 43.9 Å². The van der Waals surface area contributed by atoms with Crippen molar-refractivity contribution < 1.29 is 0 Å². The minimum atomic E-state index is 0.125. The van der Waals surface area contributed by atoms with Gasteiger partial charge in [-0.05, 0) is 66.1 Å². The Bertz CT molecular complexity index is 2940. The molecule has 0 unspecified atom stereocenters. The van der Waals surface area contributed by atoms with Crippen molar-refractivity contribution in [1.29, 1.82) is 5.41 Å². The lowest BCUT2D eigenvalue weighted by Gasteiger charge is -2.13. The van der Waals surface area contributed by atoms with Crippen LogP contribution in [-0.2, 0) is 0 Å². The number of nitrogens with one attached hydrogen (secondary N) is 1. The summed E-state index contributed by atoms with van der Waals surface area (Å²) in [5.41, 5.74) is 19.0. The van der Waals surface area contributed by atoms with Gasteiger partial charge in [-0.15, -0.1) is 0 Å². The summed E-state index contributed by atoms with van der Waals surface area (Å²) in [5, 5.41) is 13.5. The topological polar surface area (TPSA) is 71.6 Å². The Morgan fingerprint density at radius 2 is 1.37 bits per heavy atom. The monoisotopic (exact) mass is 669 g/mol. The molecule has 0 fully saturated rings. The predicted octanol–water partition coefficient (Wildman–Crippen LogP) is 11.4. The minimum Gasteiger partial charge on any atom is -0.383 e. The van der Waals surface area contributed by atoms with Crippen LogP contribution in [0.15, 0.2) is 163 Å². The van der Waals surface area contributed by atoms with Crippen molar-refractivity contribution in [3.63, 3.8) is 0 Å². The number of benzene rings is 6.